The fraction of sp³-hybridized carbons (Fsp3) is 0.462. The maximum Gasteiger partial charge on any atom is 0.240 e. The van der Waals surface area contributed by atoms with Crippen molar-refractivity contribution in [2.45, 2.75) is 37.2 Å². The molecule has 1 atom stereocenters. The van der Waals surface area contributed by atoms with Crippen LogP contribution in [0.2, 0.25) is 0 Å². The van der Waals surface area contributed by atoms with Crippen molar-refractivity contribution in [3.63, 3.8) is 0 Å². The number of benzene rings is 1. The average Bonchev–Trinajstić information content (AvgIpc) is 2.77. The van der Waals surface area contributed by atoms with E-state index in [1.165, 1.54) is 12.1 Å². The van der Waals surface area contributed by atoms with Crippen LogP contribution >= 0.6 is 0 Å². The van der Waals surface area contributed by atoms with E-state index in [2.05, 4.69) is 10.0 Å². The molecule has 0 saturated heterocycles. The van der Waals surface area contributed by atoms with E-state index in [9.17, 15) is 18.3 Å². The van der Waals surface area contributed by atoms with E-state index in [4.69, 9.17) is 0 Å². The first-order valence-corrected chi connectivity index (χ1v) is 8.01. The highest BCUT2D eigenvalue weighted by atomic mass is 32.2. The van der Waals surface area contributed by atoms with Crippen molar-refractivity contribution in [1.82, 2.24) is 4.72 Å². The van der Waals surface area contributed by atoms with Crippen molar-refractivity contribution >= 4 is 21.6 Å². The van der Waals surface area contributed by atoms with Crippen LogP contribution in [0.4, 0.5) is 5.69 Å². The lowest BCUT2D eigenvalue weighted by atomic mass is 10.2. The van der Waals surface area contributed by atoms with Gasteiger partial charge < -0.3 is 10.4 Å². The molecule has 0 aromatic heterocycles. The first-order chi connectivity index (χ1) is 9.42. The van der Waals surface area contributed by atoms with Gasteiger partial charge in [-0.15, -0.1) is 0 Å². The number of amides is 1. The van der Waals surface area contributed by atoms with Crippen molar-refractivity contribution in [1.29, 1.82) is 0 Å². The number of fused-ring (bicyclic) bond motifs is 1. The molecule has 1 aromatic rings. The lowest BCUT2D eigenvalue weighted by Crippen LogP contribution is -2.27. The van der Waals surface area contributed by atoms with Gasteiger partial charge in [-0.05, 0) is 36.6 Å². The Balaban J connectivity index is 2.07. The van der Waals surface area contributed by atoms with E-state index >= 15 is 0 Å². The second-order valence-electron chi connectivity index (χ2n) is 4.79. The molecule has 3 N–H and O–H groups in total. The quantitative estimate of drug-likeness (QED) is 0.717. The molecule has 0 fully saturated rings. The van der Waals surface area contributed by atoms with Crippen molar-refractivity contribution in [2.24, 2.45) is 0 Å². The number of carbonyl (C=O) groups is 1. The number of nitrogens with one attached hydrogen (secondary N) is 2. The van der Waals surface area contributed by atoms with Crippen LogP contribution in [0.3, 0.4) is 0 Å². The van der Waals surface area contributed by atoms with E-state index < -0.39 is 16.1 Å². The zero-order valence-corrected chi connectivity index (χ0v) is 12.0. The van der Waals surface area contributed by atoms with Gasteiger partial charge in [0.2, 0.25) is 15.9 Å². The van der Waals surface area contributed by atoms with Crippen LogP contribution in [0, 0.1) is 0 Å². The first-order valence-electron chi connectivity index (χ1n) is 6.53. The molecular weight excluding hydrogens is 280 g/mol. The molecule has 1 aliphatic rings. The highest BCUT2D eigenvalue weighted by Gasteiger charge is 2.21. The molecule has 0 saturated carbocycles. The molecule has 1 unspecified atom stereocenters. The van der Waals surface area contributed by atoms with Crippen molar-refractivity contribution in [2.75, 3.05) is 11.9 Å². The van der Waals surface area contributed by atoms with Crippen LogP contribution < -0.4 is 10.0 Å². The van der Waals surface area contributed by atoms with Crippen LogP contribution in [0.25, 0.3) is 0 Å². The molecule has 1 heterocycles. The summed E-state index contributed by atoms with van der Waals surface area (Å²) in [4.78, 5) is 11.4. The molecule has 20 heavy (non-hydrogen) atoms. The summed E-state index contributed by atoms with van der Waals surface area (Å²) in [6, 6.07) is 4.56. The van der Waals surface area contributed by atoms with E-state index in [1.54, 1.807) is 6.07 Å². The van der Waals surface area contributed by atoms with Crippen LogP contribution in [-0.4, -0.2) is 32.1 Å². The maximum atomic E-state index is 12.1. The number of hydrogen-bond acceptors (Lipinski definition) is 4. The standard InChI is InChI=1S/C13H18N2O4S/c1-2-10(16)5-6-14-20(18,19)11-3-4-12-9(7-11)8-13(17)15-12/h3-4,7,10,14,16H,2,5-6,8H2,1H3,(H,15,17). The van der Waals surface area contributed by atoms with Crippen LogP contribution in [0.5, 0.6) is 0 Å². The average molecular weight is 298 g/mol. The summed E-state index contributed by atoms with van der Waals surface area (Å²) >= 11 is 0. The van der Waals surface area contributed by atoms with E-state index in [0.29, 0.717) is 24.1 Å². The Morgan fingerprint density at radius 3 is 2.90 bits per heavy atom. The Morgan fingerprint density at radius 2 is 2.20 bits per heavy atom. The van der Waals surface area contributed by atoms with Crippen LogP contribution in [0.1, 0.15) is 25.3 Å². The van der Waals surface area contributed by atoms with Gasteiger partial charge in [-0.2, -0.15) is 0 Å². The van der Waals surface area contributed by atoms with Crippen molar-refractivity contribution in [3.8, 4) is 0 Å². The van der Waals surface area contributed by atoms with Gasteiger partial charge in [-0.25, -0.2) is 13.1 Å². The highest BCUT2D eigenvalue weighted by molar-refractivity contribution is 7.89. The summed E-state index contributed by atoms with van der Waals surface area (Å²) in [5, 5.41) is 12.1. The van der Waals surface area contributed by atoms with Gasteiger partial charge >= 0.3 is 0 Å². The van der Waals surface area contributed by atoms with Gasteiger partial charge in [0.1, 0.15) is 0 Å². The van der Waals surface area contributed by atoms with Crippen LogP contribution in [0.15, 0.2) is 23.1 Å². The first kappa shape index (κ1) is 15.0. The molecule has 110 valence electrons. The Hall–Kier alpha value is -1.44. The van der Waals surface area contributed by atoms with E-state index in [-0.39, 0.29) is 23.8 Å². The number of aliphatic hydroxyl groups excluding tert-OH is 1. The van der Waals surface area contributed by atoms with E-state index in [1.807, 2.05) is 6.92 Å². The summed E-state index contributed by atoms with van der Waals surface area (Å²) in [5.74, 6) is -0.131. The van der Waals surface area contributed by atoms with Gasteiger partial charge in [-0.1, -0.05) is 6.92 Å². The number of sulfonamides is 1. The molecule has 0 spiro atoms. The lowest BCUT2D eigenvalue weighted by molar-refractivity contribution is -0.115. The van der Waals surface area contributed by atoms with Crippen molar-refractivity contribution in [3.05, 3.63) is 23.8 Å². The Kier molecular flexibility index (Phi) is 4.42. The Bertz CT molecular complexity index is 613. The molecule has 1 amide bonds. The third kappa shape index (κ3) is 3.36. The van der Waals surface area contributed by atoms with E-state index in [0.717, 1.165) is 0 Å². The van der Waals surface area contributed by atoms with Gasteiger partial charge in [0.05, 0.1) is 17.4 Å². The molecule has 1 aromatic carbocycles. The molecule has 1 aliphatic heterocycles. The summed E-state index contributed by atoms with van der Waals surface area (Å²) in [6.07, 6.45) is 0.669. The fourth-order valence-electron chi connectivity index (χ4n) is 2.02. The summed E-state index contributed by atoms with van der Waals surface area (Å²) in [6.45, 7) is 2.02. The van der Waals surface area contributed by atoms with Gasteiger partial charge in [0.15, 0.2) is 0 Å². The molecular formula is C13H18N2O4S. The number of aliphatic hydroxyl groups is 1. The number of rotatable bonds is 6. The largest absolute Gasteiger partial charge is 0.393 e. The monoisotopic (exact) mass is 298 g/mol. The molecule has 0 aliphatic carbocycles. The Morgan fingerprint density at radius 1 is 1.45 bits per heavy atom. The molecule has 7 heteroatoms. The SMILES string of the molecule is CCC(O)CCNS(=O)(=O)c1ccc2c(c1)CC(=O)N2. The number of hydrogen-bond donors (Lipinski definition) is 3. The minimum Gasteiger partial charge on any atom is -0.393 e. The zero-order chi connectivity index (χ0) is 14.8. The number of carbonyl (C=O) groups excluding carboxylic acids is 1. The molecule has 0 bridgehead atoms. The summed E-state index contributed by atoms with van der Waals surface area (Å²) in [5.41, 5.74) is 1.35. The highest BCUT2D eigenvalue weighted by Crippen LogP contribution is 2.25. The third-order valence-corrected chi connectivity index (χ3v) is 4.71. The second-order valence-corrected chi connectivity index (χ2v) is 6.56. The van der Waals surface area contributed by atoms with Gasteiger partial charge in [0.25, 0.3) is 0 Å². The lowest BCUT2D eigenvalue weighted by Gasteiger charge is -2.10. The van der Waals surface area contributed by atoms with Gasteiger partial charge in [0, 0.05) is 12.2 Å². The zero-order valence-electron chi connectivity index (χ0n) is 11.2. The smallest absolute Gasteiger partial charge is 0.240 e. The normalized spacial score (nSPS) is 15.8. The predicted octanol–water partition coefficient (Wildman–Crippen LogP) is 0.620. The minimum absolute atomic E-state index is 0.131. The maximum absolute atomic E-state index is 12.1. The summed E-state index contributed by atoms with van der Waals surface area (Å²) in [7, 11) is -3.60. The second kappa shape index (κ2) is 5.90. The fourth-order valence-corrected chi connectivity index (χ4v) is 3.12. The topological polar surface area (TPSA) is 95.5 Å². The molecule has 6 nitrogen and oxygen atoms in total. The molecule has 0 radical (unpaired) electrons. The summed E-state index contributed by atoms with van der Waals surface area (Å²) < 4.78 is 26.6. The van der Waals surface area contributed by atoms with Crippen LogP contribution in [-0.2, 0) is 21.2 Å². The Labute approximate surface area is 118 Å². The number of anilines is 1. The van der Waals surface area contributed by atoms with Gasteiger partial charge in [-0.3, -0.25) is 4.79 Å². The van der Waals surface area contributed by atoms with Crippen molar-refractivity contribution < 1.29 is 18.3 Å². The molecule has 2 rings (SSSR count). The third-order valence-electron chi connectivity index (χ3n) is 3.25. The minimum atomic E-state index is -3.60. The predicted molar refractivity (Wildman–Crippen MR) is 74.9 cm³/mol.